The maximum Gasteiger partial charge on any atom is 0.421 e. The Kier molecular flexibility index (Phi) is 8.39. The minimum absolute atomic E-state index is 0.288. The maximum atomic E-state index is 13.3. The number of alkyl halides is 3. The summed E-state index contributed by atoms with van der Waals surface area (Å²) in [5, 5.41) is 0. The van der Waals surface area contributed by atoms with Crippen LogP contribution in [0.2, 0.25) is 0 Å². The summed E-state index contributed by atoms with van der Waals surface area (Å²) in [7, 11) is 0. The minimum atomic E-state index is -4.64. The lowest BCUT2D eigenvalue weighted by atomic mass is 9.87. The van der Waals surface area contributed by atoms with Crippen molar-refractivity contribution in [1.29, 1.82) is 0 Å². The van der Waals surface area contributed by atoms with E-state index in [0.29, 0.717) is 13.0 Å². The van der Waals surface area contributed by atoms with Gasteiger partial charge in [0.2, 0.25) is 5.88 Å². The van der Waals surface area contributed by atoms with Crippen LogP contribution in [0.4, 0.5) is 18.0 Å². The van der Waals surface area contributed by atoms with Gasteiger partial charge in [-0.25, -0.2) is 9.78 Å². The van der Waals surface area contributed by atoms with Crippen molar-refractivity contribution in [2.45, 2.75) is 64.8 Å². The number of halogens is 3. The molecular weight excluding hydrogens is 489 g/mol. The molecule has 3 rings (SSSR count). The first kappa shape index (κ1) is 28.3. The van der Waals surface area contributed by atoms with Gasteiger partial charge in [0.05, 0.1) is 5.41 Å². The Morgan fingerprint density at radius 3 is 2.32 bits per heavy atom. The average molecular weight is 523 g/mol. The number of rotatable bonds is 6. The molecule has 1 amide bonds. The molecule has 1 aromatic heterocycles. The predicted molar refractivity (Wildman–Crippen MR) is 130 cm³/mol. The fourth-order valence-electron chi connectivity index (χ4n) is 3.91. The Labute approximate surface area is 214 Å². The van der Waals surface area contributed by atoms with Crippen LogP contribution in [-0.2, 0) is 20.4 Å². The predicted octanol–water partition coefficient (Wildman–Crippen LogP) is 5.84. The van der Waals surface area contributed by atoms with Crippen LogP contribution in [0.1, 0.15) is 58.1 Å². The molecule has 7 nitrogen and oxygen atoms in total. The molecule has 1 aliphatic heterocycles. The van der Waals surface area contributed by atoms with Gasteiger partial charge >= 0.3 is 18.2 Å². The molecular formula is C27H33F3N2O5. The summed E-state index contributed by atoms with van der Waals surface area (Å²) in [6.45, 7) is 8.71. The highest BCUT2D eigenvalue weighted by Crippen LogP contribution is 2.36. The van der Waals surface area contributed by atoms with Crippen molar-refractivity contribution in [3.05, 3.63) is 59.8 Å². The van der Waals surface area contributed by atoms with Crippen LogP contribution in [0.5, 0.6) is 5.88 Å². The molecule has 37 heavy (non-hydrogen) atoms. The molecule has 2 unspecified atom stereocenters. The molecule has 2 atom stereocenters. The SMILES string of the molecule is CC(C)(C)OC(=O)N1CCC(OC(=O)C(C)(C)COc2ncccc2C(F)(F)F)C(c2ccccc2)C1. The Morgan fingerprint density at radius 2 is 1.70 bits per heavy atom. The largest absolute Gasteiger partial charge is 0.476 e. The number of carbonyl (C=O) groups is 2. The molecule has 1 fully saturated rings. The number of hydrogen-bond acceptors (Lipinski definition) is 6. The van der Waals surface area contributed by atoms with E-state index < -0.39 is 46.8 Å². The molecule has 2 aromatic rings. The number of ether oxygens (including phenoxy) is 3. The van der Waals surface area contributed by atoms with Gasteiger partial charge in [-0.15, -0.1) is 0 Å². The molecule has 10 heteroatoms. The summed E-state index contributed by atoms with van der Waals surface area (Å²) in [5.74, 6) is -1.52. The highest BCUT2D eigenvalue weighted by Gasteiger charge is 2.41. The summed E-state index contributed by atoms with van der Waals surface area (Å²) < 4.78 is 56.6. The van der Waals surface area contributed by atoms with Crippen LogP contribution in [0, 0.1) is 5.41 Å². The highest BCUT2D eigenvalue weighted by molar-refractivity contribution is 5.76. The number of carbonyl (C=O) groups excluding carboxylic acids is 2. The van der Waals surface area contributed by atoms with E-state index in [9.17, 15) is 22.8 Å². The smallest absolute Gasteiger partial charge is 0.421 e. The maximum absolute atomic E-state index is 13.3. The van der Waals surface area contributed by atoms with Gasteiger partial charge in [-0.05, 0) is 52.3 Å². The molecule has 0 N–H and O–H groups in total. The standard InChI is InChI=1S/C27H33F3N2O5/c1-25(2,3)37-24(34)32-15-13-21(19(16-32)18-10-7-6-8-11-18)36-23(33)26(4,5)17-35-22-20(27(28,29)30)12-9-14-31-22/h6-12,14,19,21H,13,15-17H2,1-5H3. The molecule has 1 aliphatic rings. The monoisotopic (exact) mass is 522 g/mol. The molecule has 0 aliphatic carbocycles. The van der Waals surface area contributed by atoms with Crippen molar-refractivity contribution in [3.8, 4) is 5.88 Å². The summed E-state index contributed by atoms with van der Waals surface area (Å²) in [6, 6.07) is 11.4. The van der Waals surface area contributed by atoms with E-state index in [1.165, 1.54) is 12.3 Å². The Morgan fingerprint density at radius 1 is 1.03 bits per heavy atom. The first-order valence-corrected chi connectivity index (χ1v) is 12.1. The molecule has 0 bridgehead atoms. The van der Waals surface area contributed by atoms with E-state index >= 15 is 0 Å². The molecule has 1 saturated heterocycles. The third-order valence-corrected chi connectivity index (χ3v) is 5.89. The van der Waals surface area contributed by atoms with E-state index in [0.717, 1.165) is 11.6 Å². The van der Waals surface area contributed by atoms with Crippen LogP contribution in [0.25, 0.3) is 0 Å². The summed E-state index contributed by atoms with van der Waals surface area (Å²) in [4.78, 5) is 31.1. The van der Waals surface area contributed by atoms with Crippen LogP contribution in [-0.4, -0.2) is 53.3 Å². The van der Waals surface area contributed by atoms with E-state index in [1.54, 1.807) is 39.5 Å². The van der Waals surface area contributed by atoms with Gasteiger partial charge in [0.25, 0.3) is 0 Å². The normalized spacial score (nSPS) is 18.8. The number of hydrogen-bond donors (Lipinski definition) is 0. The Hall–Kier alpha value is -3.30. The lowest BCUT2D eigenvalue weighted by Gasteiger charge is -2.39. The fraction of sp³-hybridized carbons (Fsp3) is 0.519. The summed E-state index contributed by atoms with van der Waals surface area (Å²) in [5.41, 5.74) is -2.03. The zero-order chi connectivity index (χ0) is 27.4. The van der Waals surface area contributed by atoms with Gasteiger partial charge < -0.3 is 19.1 Å². The van der Waals surface area contributed by atoms with Crippen molar-refractivity contribution in [2.75, 3.05) is 19.7 Å². The number of amides is 1. The zero-order valence-corrected chi connectivity index (χ0v) is 21.7. The minimum Gasteiger partial charge on any atom is -0.476 e. The lowest BCUT2D eigenvalue weighted by Crippen LogP contribution is -2.49. The number of likely N-dealkylation sites (tertiary alicyclic amines) is 1. The number of benzene rings is 1. The van der Waals surface area contributed by atoms with Crippen LogP contribution in [0.15, 0.2) is 48.7 Å². The quantitative estimate of drug-likeness (QED) is 0.444. The van der Waals surface area contributed by atoms with Crippen LogP contribution < -0.4 is 4.74 Å². The number of esters is 1. The van der Waals surface area contributed by atoms with E-state index in [-0.39, 0.29) is 19.1 Å². The molecule has 1 aromatic carbocycles. The topological polar surface area (TPSA) is 78.0 Å². The third kappa shape index (κ3) is 7.60. The van der Waals surface area contributed by atoms with Crippen LogP contribution in [0.3, 0.4) is 0 Å². The van der Waals surface area contributed by atoms with Crippen LogP contribution >= 0.6 is 0 Å². The number of nitrogens with zero attached hydrogens (tertiary/aromatic N) is 2. The van der Waals surface area contributed by atoms with Crippen molar-refractivity contribution in [1.82, 2.24) is 9.88 Å². The Bertz CT molecular complexity index is 1080. The second kappa shape index (κ2) is 11.0. The van der Waals surface area contributed by atoms with Crippen molar-refractivity contribution in [2.24, 2.45) is 5.41 Å². The lowest BCUT2D eigenvalue weighted by molar-refractivity contribution is -0.164. The van der Waals surface area contributed by atoms with Crippen molar-refractivity contribution < 1.29 is 37.0 Å². The number of aromatic nitrogens is 1. The van der Waals surface area contributed by atoms with Crippen molar-refractivity contribution >= 4 is 12.1 Å². The molecule has 0 spiro atoms. The van der Waals surface area contributed by atoms with Gasteiger partial charge in [0.15, 0.2) is 0 Å². The van der Waals surface area contributed by atoms with E-state index in [1.807, 2.05) is 30.3 Å². The fourth-order valence-corrected chi connectivity index (χ4v) is 3.91. The first-order chi connectivity index (χ1) is 17.2. The summed E-state index contributed by atoms with van der Waals surface area (Å²) >= 11 is 0. The second-order valence-corrected chi connectivity index (χ2v) is 10.7. The number of pyridine rings is 1. The van der Waals surface area contributed by atoms with Gasteiger partial charge in [0.1, 0.15) is 23.9 Å². The zero-order valence-electron chi connectivity index (χ0n) is 21.7. The molecule has 0 saturated carbocycles. The summed E-state index contributed by atoms with van der Waals surface area (Å²) in [6.07, 6.45) is -4.06. The van der Waals surface area contributed by atoms with E-state index in [4.69, 9.17) is 14.2 Å². The van der Waals surface area contributed by atoms with Gasteiger partial charge in [-0.1, -0.05) is 30.3 Å². The second-order valence-electron chi connectivity index (χ2n) is 10.7. The molecule has 202 valence electrons. The Balaban J connectivity index is 1.72. The average Bonchev–Trinajstić information content (AvgIpc) is 2.82. The first-order valence-electron chi connectivity index (χ1n) is 12.1. The van der Waals surface area contributed by atoms with Gasteiger partial charge in [-0.2, -0.15) is 13.2 Å². The highest BCUT2D eigenvalue weighted by atomic mass is 19.4. The third-order valence-electron chi connectivity index (χ3n) is 5.89. The molecule has 0 radical (unpaired) electrons. The van der Waals surface area contributed by atoms with Gasteiger partial charge in [-0.3, -0.25) is 4.79 Å². The van der Waals surface area contributed by atoms with E-state index in [2.05, 4.69) is 4.98 Å². The number of piperidine rings is 1. The molecule has 2 heterocycles. The van der Waals surface area contributed by atoms with Gasteiger partial charge in [0, 0.05) is 31.6 Å². The van der Waals surface area contributed by atoms with Crippen molar-refractivity contribution in [3.63, 3.8) is 0 Å².